The fourth-order valence-electron chi connectivity index (χ4n) is 2.73. The number of methoxy groups -OCH3 is 1. The first-order valence-corrected chi connectivity index (χ1v) is 6.62. The minimum Gasteiger partial charge on any atom is -0.507 e. The number of benzene rings is 1. The zero-order valence-corrected chi connectivity index (χ0v) is 12.0. The molecule has 6 heteroatoms. The Morgan fingerprint density at radius 1 is 1.23 bits per heavy atom. The van der Waals surface area contributed by atoms with Crippen LogP contribution in [-0.2, 0) is 0 Å². The van der Waals surface area contributed by atoms with Gasteiger partial charge in [-0.3, -0.25) is 9.59 Å². The predicted octanol–water partition coefficient (Wildman–Crippen LogP) is 0.758. The Bertz CT molecular complexity index is 769. The average Bonchev–Trinajstić information content (AvgIpc) is 2.46. The van der Waals surface area contributed by atoms with Crippen LogP contribution in [0.25, 0.3) is 0 Å². The molecule has 0 fully saturated rings. The van der Waals surface area contributed by atoms with E-state index in [2.05, 4.69) is 0 Å². The molecule has 2 atom stereocenters. The Labute approximate surface area is 126 Å². The fourth-order valence-corrected chi connectivity index (χ4v) is 2.73. The molecule has 1 unspecified atom stereocenters. The van der Waals surface area contributed by atoms with Crippen molar-refractivity contribution in [1.29, 1.82) is 0 Å². The largest absolute Gasteiger partial charge is 0.507 e. The number of phenolic OH excluding ortho intramolecular Hbond substituents is 1. The molecule has 3 rings (SSSR count). The zero-order chi connectivity index (χ0) is 16.2. The van der Waals surface area contributed by atoms with Crippen molar-refractivity contribution < 1.29 is 29.6 Å². The number of ketones is 2. The molecule has 3 N–H and O–H groups in total. The van der Waals surface area contributed by atoms with Gasteiger partial charge in [0.2, 0.25) is 0 Å². The van der Waals surface area contributed by atoms with E-state index in [4.69, 9.17) is 4.74 Å². The third-order valence-corrected chi connectivity index (χ3v) is 3.99. The number of Topliss-reactive ketones (excluding diaryl/α,β-unsaturated/α-hetero) is 2. The number of rotatable bonds is 1. The topological polar surface area (TPSA) is 104 Å². The molecule has 0 aromatic heterocycles. The van der Waals surface area contributed by atoms with Crippen LogP contribution >= 0.6 is 0 Å². The molecule has 2 aliphatic carbocycles. The Morgan fingerprint density at radius 2 is 1.91 bits per heavy atom. The van der Waals surface area contributed by atoms with E-state index in [0.717, 1.165) is 0 Å². The number of allylic oxidation sites excluding steroid dienone is 2. The fraction of sp³-hybridized carbons (Fsp3) is 0.250. The molecule has 0 saturated heterocycles. The third-order valence-electron chi connectivity index (χ3n) is 3.99. The van der Waals surface area contributed by atoms with Crippen molar-refractivity contribution in [3.05, 3.63) is 46.6 Å². The lowest BCUT2D eigenvalue weighted by Gasteiger charge is -2.34. The number of carbonyl (C=O) groups excluding carboxylic acids is 2. The monoisotopic (exact) mass is 302 g/mol. The number of phenols is 1. The molecule has 1 aromatic carbocycles. The van der Waals surface area contributed by atoms with Crippen LogP contribution in [-0.4, -0.2) is 45.7 Å². The second kappa shape index (κ2) is 4.53. The molecule has 0 amide bonds. The van der Waals surface area contributed by atoms with Crippen LogP contribution in [0.3, 0.4) is 0 Å². The molecule has 0 saturated carbocycles. The normalized spacial score (nSPS) is 26.8. The van der Waals surface area contributed by atoms with Gasteiger partial charge in [0.15, 0.2) is 11.6 Å². The van der Waals surface area contributed by atoms with E-state index in [1.54, 1.807) is 0 Å². The molecule has 0 radical (unpaired) electrons. The molecule has 0 heterocycles. The van der Waals surface area contributed by atoms with Crippen molar-refractivity contribution in [2.75, 3.05) is 7.11 Å². The van der Waals surface area contributed by atoms with E-state index < -0.39 is 23.3 Å². The van der Waals surface area contributed by atoms with Gasteiger partial charge in [0, 0.05) is 22.8 Å². The molecule has 0 bridgehead atoms. The highest BCUT2D eigenvalue weighted by atomic mass is 16.5. The van der Waals surface area contributed by atoms with Gasteiger partial charge in [-0.25, -0.2) is 0 Å². The Kier molecular flexibility index (Phi) is 2.98. The second-order valence-electron chi connectivity index (χ2n) is 5.52. The number of fused-ring (bicyclic) bond motifs is 1. The highest BCUT2D eigenvalue weighted by Gasteiger charge is 2.44. The van der Waals surface area contributed by atoms with Crippen LogP contribution in [0.1, 0.15) is 27.6 Å². The maximum atomic E-state index is 12.6. The van der Waals surface area contributed by atoms with Gasteiger partial charge in [-0.1, -0.05) is 6.08 Å². The first-order chi connectivity index (χ1) is 10.3. The van der Waals surface area contributed by atoms with Gasteiger partial charge in [-0.05, 0) is 19.1 Å². The number of aromatic hydroxyl groups is 1. The Morgan fingerprint density at radius 3 is 2.55 bits per heavy atom. The van der Waals surface area contributed by atoms with E-state index in [0.29, 0.717) is 0 Å². The van der Waals surface area contributed by atoms with Crippen molar-refractivity contribution in [1.82, 2.24) is 0 Å². The summed E-state index contributed by atoms with van der Waals surface area (Å²) in [5, 5.41) is 30.3. The number of aliphatic hydroxyl groups excluding tert-OH is 1. The summed E-state index contributed by atoms with van der Waals surface area (Å²) in [6.07, 6.45) is 1.03. The predicted molar refractivity (Wildman–Crippen MR) is 76.1 cm³/mol. The van der Waals surface area contributed by atoms with Gasteiger partial charge in [0.05, 0.1) is 12.7 Å². The molecule has 1 aromatic rings. The first-order valence-electron chi connectivity index (χ1n) is 6.62. The minimum absolute atomic E-state index is 0.0167. The molecule has 0 aliphatic heterocycles. The van der Waals surface area contributed by atoms with Crippen molar-refractivity contribution in [3.8, 4) is 11.5 Å². The Balaban J connectivity index is 2.26. The van der Waals surface area contributed by atoms with E-state index in [1.807, 2.05) is 0 Å². The van der Waals surface area contributed by atoms with Gasteiger partial charge >= 0.3 is 0 Å². The highest BCUT2D eigenvalue weighted by Crippen LogP contribution is 2.40. The van der Waals surface area contributed by atoms with Crippen LogP contribution in [0.4, 0.5) is 0 Å². The van der Waals surface area contributed by atoms with Crippen LogP contribution < -0.4 is 4.74 Å². The van der Waals surface area contributed by atoms with Crippen LogP contribution in [0, 0.1) is 0 Å². The summed E-state index contributed by atoms with van der Waals surface area (Å²) in [6, 6.07) is 2.58. The van der Waals surface area contributed by atoms with E-state index in [-0.39, 0.29) is 33.8 Å². The summed E-state index contributed by atoms with van der Waals surface area (Å²) in [4.78, 5) is 25.2. The maximum Gasteiger partial charge on any atom is 0.198 e. The second-order valence-corrected chi connectivity index (χ2v) is 5.52. The zero-order valence-electron chi connectivity index (χ0n) is 12.0. The summed E-state index contributed by atoms with van der Waals surface area (Å²) in [6.45, 7) is 1.34. The van der Waals surface area contributed by atoms with Gasteiger partial charge in [0.1, 0.15) is 23.2 Å². The summed E-state index contributed by atoms with van der Waals surface area (Å²) in [5.74, 6) is -1.33. The summed E-state index contributed by atoms with van der Waals surface area (Å²) in [5.41, 5.74) is -2.00. The van der Waals surface area contributed by atoms with Gasteiger partial charge in [-0.2, -0.15) is 0 Å². The van der Waals surface area contributed by atoms with E-state index in [1.165, 1.54) is 38.3 Å². The molecule has 22 heavy (non-hydrogen) atoms. The van der Waals surface area contributed by atoms with Crippen LogP contribution in [0.15, 0.2) is 35.4 Å². The number of hydrogen-bond donors (Lipinski definition) is 3. The van der Waals surface area contributed by atoms with Crippen molar-refractivity contribution >= 4 is 11.6 Å². The van der Waals surface area contributed by atoms with Crippen LogP contribution in [0.5, 0.6) is 11.5 Å². The molecule has 0 spiro atoms. The van der Waals surface area contributed by atoms with E-state index >= 15 is 0 Å². The van der Waals surface area contributed by atoms with Gasteiger partial charge < -0.3 is 20.1 Å². The average molecular weight is 302 g/mol. The summed E-state index contributed by atoms with van der Waals surface area (Å²) < 4.78 is 4.98. The molecular weight excluding hydrogens is 288 g/mol. The standard InChI is InChI=1S/C16H14O6/c1-16(21)4-3-8-12(15(16)20)14(19)9-5-7(22-2)6-10(17)11(9)13(8)18/h3-6,15,17,20-21H,1-2H3/t15?,16-/m1/s1. The number of hydrogen-bond acceptors (Lipinski definition) is 6. The number of ether oxygens (including phenoxy) is 1. The van der Waals surface area contributed by atoms with Crippen molar-refractivity contribution in [2.24, 2.45) is 0 Å². The lowest BCUT2D eigenvalue weighted by atomic mass is 9.74. The third kappa shape index (κ3) is 1.81. The molecule has 114 valence electrons. The van der Waals surface area contributed by atoms with E-state index in [9.17, 15) is 24.9 Å². The van der Waals surface area contributed by atoms with Crippen molar-refractivity contribution in [2.45, 2.75) is 18.6 Å². The maximum absolute atomic E-state index is 12.6. The molecular formula is C16H14O6. The van der Waals surface area contributed by atoms with Gasteiger partial charge in [-0.15, -0.1) is 0 Å². The minimum atomic E-state index is -1.65. The lowest BCUT2D eigenvalue weighted by Crippen LogP contribution is -2.45. The summed E-state index contributed by atoms with van der Waals surface area (Å²) in [7, 11) is 1.37. The van der Waals surface area contributed by atoms with Crippen LogP contribution in [0.2, 0.25) is 0 Å². The summed E-state index contributed by atoms with van der Waals surface area (Å²) >= 11 is 0. The van der Waals surface area contributed by atoms with Gasteiger partial charge in [0.25, 0.3) is 0 Å². The number of carbonyl (C=O) groups is 2. The number of aliphatic hydroxyl groups is 2. The van der Waals surface area contributed by atoms with Crippen molar-refractivity contribution in [3.63, 3.8) is 0 Å². The first kappa shape index (κ1) is 14.5. The molecule has 2 aliphatic rings. The smallest absolute Gasteiger partial charge is 0.198 e. The quantitative estimate of drug-likeness (QED) is 0.707. The Hall–Kier alpha value is -2.44. The lowest BCUT2D eigenvalue weighted by molar-refractivity contribution is -0.00794. The highest BCUT2D eigenvalue weighted by molar-refractivity contribution is 6.29. The molecule has 6 nitrogen and oxygen atoms in total. The SMILES string of the molecule is COc1cc(O)c2c(c1)C(=O)C1=C(C=C[C@@](C)(O)C1O)C2=O.